The lowest BCUT2D eigenvalue weighted by molar-refractivity contribution is 0.0483. The van der Waals surface area contributed by atoms with Crippen LogP contribution in [0, 0.1) is 12.8 Å². The molecule has 0 saturated carbocycles. The Balaban J connectivity index is 2.01. The predicted octanol–water partition coefficient (Wildman–Crippen LogP) is 2.53. The highest BCUT2D eigenvalue weighted by atomic mass is 16.5. The van der Waals surface area contributed by atoms with E-state index in [4.69, 9.17) is 4.74 Å². The Morgan fingerprint density at radius 1 is 1.30 bits per heavy atom. The minimum absolute atomic E-state index is 0.262. The van der Waals surface area contributed by atoms with Gasteiger partial charge >= 0.3 is 0 Å². The average Bonchev–Trinajstić information content (AvgIpc) is 2.50. The van der Waals surface area contributed by atoms with Gasteiger partial charge in [-0.1, -0.05) is 26.0 Å². The summed E-state index contributed by atoms with van der Waals surface area (Å²) in [6.07, 6.45) is 0.851. The number of aliphatic hydroxyl groups excluding tert-OH is 1. The van der Waals surface area contributed by atoms with Crippen molar-refractivity contribution < 1.29 is 9.84 Å². The van der Waals surface area contributed by atoms with Crippen molar-refractivity contribution in [3.05, 3.63) is 29.3 Å². The van der Waals surface area contributed by atoms with Crippen LogP contribution in [0.4, 0.5) is 0 Å². The molecule has 4 heteroatoms. The smallest absolute Gasteiger partial charge is 0.121 e. The number of aryl methyl sites for hydroxylation is 1. The molecule has 0 aromatic heterocycles. The van der Waals surface area contributed by atoms with Crippen LogP contribution in [0.15, 0.2) is 18.2 Å². The van der Waals surface area contributed by atoms with Gasteiger partial charge in [-0.15, -0.1) is 0 Å². The van der Waals surface area contributed by atoms with Gasteiger partial charge in [0.1, 0.15) is 5.75 Å². The van der Waals surface area contributed by atoms with Crippen LogP contribution in [0.1, 0.15) is 31.4 Å². The van der Waals surface area contributed by atoms with Crippen LogP contribution in [0.3, 0.4) is 0 Å². The fourth-order valence-corrected chi connectivity index (χ4v) is 3.54. The summed E-state index contributed by atoms with van der Waals surface area (Å²) in [5.41, 5.74) is 2.51. The first kappa shape index (κ1) is 18.2. The van der Waals surface area contributed by atoms with Gasteiger partial charge in [0, 0.05) is 45.4 Å². The number of hydrogen-bond acceptors (Lipinski definition) is 4. The second-order valence-electron chi connectivity index (χ2n) is 7.09. The minimum Gasteiger partial charge on any atom is -0.496 e. The number of methoxy groups -OCH3 is 1. The van der Waals surface area contributed by atoms with E-state index in [0.717, 1.165) is 44.9 Å². The Kier molecular flexibility index (Phi) is 6.88. The maximum absolute atomic E-state index is 9.42. The summed E-state index contributed by atoms with van der Waals surface area (Å²) in [7, 11) is 1.72. The number of ether oxygens (including phenoxy) is 1. The Bertz CT molecular complexity index is 490. The zero-order chi connectivity index (χ0) is 16.8. The summed E-state index contributed by atoms with van der Waals surface area (Å²) >= 11 is 0. The van der Waals surface area contributed by atoms with Crippen LogP contribution in [-0.2, 0) is 6.54 Å². The lowest BCUT2D eigenvalue weighted by Crippen LogP contribution is -2.53. The minimum atomic E-state index is 0.262. The van der Waals surface area contributed by atoms with E-state index < -0.39 is 0 Å². The average molecular weight is 320 g/mol. The molecule has 0 amide bonds. The maximum Gasteiger partial charge on any atom is 0.121 e. The molecule has 1 saturated heterocycles. The van der Waals surface area contributed by atoms with Gasteiger partial charge in [-0.05, 0) is 36.5 Å². The van der Waals surface area contributed by atoms with E-state index in [-0.39, 0.29) is 6.61 Å². The van der Waals surface area contributed by atoms with E-state index in [2.05, 4.69) is 48.8 Å². The molecule has 2 rings (SSSR count). The van der Waals surface area contributed by atoms with Gasteiger partial charge in [0.15, 0.2) is 0 Å². The molecule has 0 bridgehead atoms. The molecule has 0 aliphatic carbocycles. The topological polar surface area (TPSA) is 35.9 Å². The molecule has 130 valence electrons. The SMILES string of the molecule is COc1ccc(CN2CCN(CC(C)C)CC2CCO)cc1C. The highest BCUT2D eigenvalue weighted by Crippen LogP contribution is 2.22. The van der Waals surface area contributed by atoms with E-state index in [1.54, 1.807) is 7.11 Å². The van der Waals surface area contributed by atoms with E-state index >= 15 is 0 Å². The summed E-state index contributed by atoms with van der Waals surface area (Å²) in [5.74, 6) is 1.64. The molecule has 1 aromatic rings. The van der Waals surface area contributed by atoms with Crippen LogP contribution in [0.5, 0.6) is 5.75 Å². The Labute approximate surface area is 141 Å². The molecule has 23 heavy (non-hydrogen) atoms. The highest BCUT2D eigenvalue weighted by molar-refractivity contribution is 5.36. The number of benzene rings is 1. The van der Waals surface area contributed by atoms with Gasteiger partial charge in [0.2, 0.25) is 0 Å². The molecule has 1 atom stereocenters. The summed E-state index contributed by atoms with van der Waals surface area (Å²) in [4.78, 5) is 5.06. The molecule has 4 nitrogen and oxygen atoms in total. The van der Waals surface area contributed by atoms with Gasteiger partial charge in [0.05, 0.1) is 7.11 Å². The van der Waals surface area contributed by atoms with Crippen LogP contribution < -0.4 is 4.74 Å². The molecule has 1 aromatic carbocycles. The van der Waals surface area contributed by atoms with Crippen molar-refractivity contribution in [3.63, 3.8) is 0 Å². The molecule has 0 spiro atoms. The van der Waals surface area contributed by atoms with Crippen molar-refractivity contribution >= 4 is 0 Å². The first-order valence-electron chi connectivity index (χ1n) is 8.74. The predicted molar refractivity (Wildman–Crippen MR) is 94.9 cm³/mol. The molecule has 1 heterocycles. The summed E-state index contributed by atoms with van der Waals surface area (Å²) in [6.45, 7) is 12.3. The zero-order valence-corrected chi connectivity index (χ0v) is 15.1. The van der Waals surface area contributed by atoms with Crippen molar-refractivity contribution in [2.75, 3.05) is 39.9 Å². The maximum atomic E-state index is 9.42. The van der Waals surface area contributed by atoms with Crippen molar-refractivity contribution in [3.8, 4) is 5.75 Å². The van der Waals surface area contributed by atoms with Gasteiger partial charge in [-0.3, -0.25) is 4.90 Å². The van der Waals surface area contributed by atoms with Gasteiger partial charge < -0.3 is 14.7 Å². The molecule has 1 unspecified atom stereocenters. The standard InChI is InChI=1S/C19H32N2O2/c1-15(2)12-20-8-9-21(18(14-20)7-10-22)13-17-5-6-19(23-4)16(3)11-17/h5-6,11,15,18,22H,7-10,12-14H2,1-4H3. The van der Waals surface area contributed by atoms with Crippen molar-refractivity contribution in [1.29, 1.82) is 0 Å². The van der Waals surface area contributed by atoms with Crippen LogP contribution in [0.25, 0.3) is 0 Å². The molecule has 1 aliphatic heterocycles. The number of piperazine rings is 1. The Hall–Kier alpha value is -1.10. The number of rotatable bonds is 7. The summed E-state index contributed by atoms with van der Waals surface area (Å²) in [6, 6.07) is 6.87. The lowest BCUT2D eigenvalue weighted by atomic mass is 10.0. The second kappa shape index (κ2) is 8.67. The monoisotopic (exact) mass is 320 g/mol. The fourth-order valence-electron chi connectivity index (χ4n) is 3.54. The molecule has 1 N–H and O–H groups in total. The molecule has 1 aliphatic rings. The normalized spacial score (nSPS) is 20.2. The van der Waals surface area contributed by atoms with Crippen molar-refractivity contribution in [1.82, 2.24) is 9.80 Å². The first-order valence-corrected chi connectivity index (χ1v) is 8.74. The second-order valence-corrected chi connectivity index (χ2v) is 7.09. The quantitative estimate of drug-likeness (QED) is 0.837. The Morgan fingerprint density at radius 2 is 2.09 bits per heavy atom. The molecular weight excluding hydrogens is 288 g/mol. The van der Waals surface area contributed by atoms with E-state index in [1.807, 2.05) is 0 Å². The van der Waals surface area contributed by atoms with Crippen molar-refractivity contribution in [2.24, 2.45) is 5.92 Å². The fraction of sp³-hybridized carbons (Fsp3) is 0.684. The van der Waals surface area contributed by atoms with Gasteiger partial charge in [0.25, 0.3) is 0 Å². The van der Waals surface area contributed by atoms with Crippen LogP contribution >= 0.6 is 0 Å². The van der Waals surface area contributed by atoms with E-state index in [1.165, 1.54) is 11.1 Å². The zero-order valence-electron chi connectivity index (χ0n) is 15.1. The number of hydrogen-bond donors (Lipinski definition) is 1. The number of nitrogens with zero attached hydrogens (tertiary/aromatic N) is 2. The molecule has 0 radical (unpaired) electrons. The largest absolute Gasteiger partial charge is 0.496 e. The van der Waals surface area contributed by atoms with Crippen LogP contribution in [-0.4, -0.2) is 60.8 Å². The summed E-state index contributed by atoms with van der Waals surface area (Å²) < 4.78 is 5.35. The van der Waals surface area contributed by atoms with Crippen molar-refractivity contribution in [2.45, 2.75) is 39.8 Å². The van der Waals surface area contributed by atoms with E-state index in [0.29, 0.717) is 12.0 Å². The van der Waals surface area contributed by atoms with Gasteiger partial charge in [-0.25, -0.2) is 0 Å². The Morgan fingerprint density at radius 3 is 2.70 bits per heavy atom. The summed E-state index contributed by atoms with van der Waals surface area (Å²) in [5, 5.41) is 9.42. The third kappa shape index (κ3) is 5.20. The third-order valence-electron chi connectivity index (χ3n) is 4.62. The first-order chi connectivity index (χ1) is 11.0. The number of aliphatic hydroxyl groups is 1. The van der Waals surface area contributed by atoms with E-state index in [9.17, 15) is 5.11 Å². The lowest BCUT2D eigenvalue weighted by Gasteiger charge is -2.42. The molecule has 1 fully saturated rings. The third-order valence-corrected chi connectivity index (χ3v) is 4.62. The molecular formula is C19H32N2O2. The highest BCUT2D eigenvalue weighted by Gasteiger charge is 2.26. The van der Waals surface area contributed by atoms with Crippen LogP contribution in [0.2, 0.25) is 0 Å². The van der Waals surface area contributed by atoms with Gasteiger partial charge in [-0.2, -0.15) is 0 Å².